The van der Waals surface area contributed by atoms with E-state index in [-0.39, 0.29) is 17.0 Å². The number of phosphoric ester groups is 1. The zero-order valence-corrected chi connectivity index (χ0v) is 17.9. The molecule has 0 aromatic carbocycles. The summed E-state index contributed by atoms with van der Waals surface area (Å²) in [5.74, 6) is -1.39. The molecule has 1 fully saturated rings. The number of rotatable bonds is 8. The maximum Gasteiger partial charge on any atom is 0.529 e. The molecule has 6 atom stereocenters. The van der Waals surface area contributed by atoms with Crippen molar-refractivity contribution < 1.29 is 48.5 Å². The molecule has 0 radical (unpaired) electrons. The Balaban J connectivity index is 1.66. The molecule has 7 N–H and O–H groups in total. The Morgan fingerprint density at radius 2 is 2.03 bits per heavy atom. The number of imidazole rings is 1. The van der Waals surface area contributed by atoms with Crippen LogP contribution in [0.25, 0.3) is 11.2 Å². The lowest BCUT2D eigenvalue weighted by Gasteiger charge is -2.27. The van der Waals surface area contributed by atoms with Gasteiger partial charge in [0.25, 0.3) is 0 Å². The number of nitrogens with two attached hydrogens (primary N) is 1. The number of phosphoric acid groups is 1. The number of aliphatic hydroxyl groups is 4. The number of anilines is 1. The fourth-order valence-electron chi connectivity index (χ4n) is 2.92. The average Bonchev–Trinajstić information content (AvgIpc) is 3.28. The first-order valence-corrected chi connectivity index (χ1v) is 10.8. The molecule has 1 unspecified atom stereocenters. The molecule has 2 aromatic rings. The second-order valence-corrected chi connectivity index (χ2v) is 9.23. The van der Waals surface area contributed by atoms with Crippen LogP contribution in [0.5, 0.6) is 0 Å². The lowest BCUT2D eigenvalue weighted by Crippen LogP contribution is -2.40. The molecule has 178 valence electrons. The molecule has 32 heavy (non-hydrogen) atoms. The first kappa shape index (κ1) is 24.4. The highest BCUT2D eigenvalue weighted by Gasteiger charge is 2.46. The molecule has 1 aliphatic rings. The van der Waals surface area contributed by atoms with Gasteiger partial charge < -0.3 is 35.4 Å². The number of aliphatic hydroxyl groups excluding tert-OH is 4. The predicted molar refractivity (Wildman–Crippen MR) is 104 cm³/mol. The molecule has 0 aliphatic carbocycles. The van der Waals surface area contributed by atoms with Crippen molar-refractivity contribution in [1.82, 2.24) is 19.5 Å². The van der Waals surface area contributed by atoms with E-state index in [1.54, 1.807) is 0 Å². The van der Waals surface area contributed by atoms with Crippen molar-refractivity contribution in [3.8, 4) is 0 Å². The maximum atomic E-state index is 12.1. The van der Waals surface area contributed by atoms with Gasteiger partial charge in [0.2, 0.25) is 0 Å². The van der Waals surface area contributed by atoms with Gasteiger partial charge in [0.15, 0.2) is 23.8 Å². The van der Waals surface area contributed by atoms with Gasteiger partial charge in [0.05, 0.1) is 19.5 Å². The van der Waals surface area contributed by atoms with Gasteiger partial charge in [-0.2, -0.15) is 0 Å². The van der Waals surface area contributed by atoms with Gasteiger partial charge in [0, 0.05) is 5.41 Å². The fourth-order valence-corrected chi connectivity index (χ4v) is 3.63. The van der Waals surface area contributed by atoms with Crippen LogP contribution in [0.1, 0.15) is 20.1 Å². The summed E-state index contributed by atoms with van der Waals surface area (Å²) in [6.07, 6.45) is -4.99. The van der Waals surface area contributed by atoms with E-state index in [4.69, 9.17) is 15.0 Å². The summed E-state index contributed by atoms with van der Waals surface area (Å²) in [4.78, 5) is 33.5. The van der Waals surface area contributed by atoms with E-state index in [1.165, 1.54) is 31.1 Å². The molecule has 3 heterocycles. The third-order valence-corrected chi connectivity index (χ3v) is 5.86. The van der Waals surface area contributed by atoms with Crippen LogP contribution in [-0.4, -0.2) is 88.4 Å². The highest BCUT2D eigenvalue weighted by atomic mass is 31.2. The third-order valence-electron chi connectivity index (χ3n) is 4.98. The second-order valence-electron chi connectivity index (χ2n) is 7.85. The zero-order valence-electron chi connectivity index (χ0n) is 17.0. The minimum Gasteiger partial charge on any atom is -0.396 e. The highest BCUT2D eigenvalue weighted by molar-refractivity contribution is 7.48. The van der Waals surface area contributed by atoms with E-state index < -0.39 is 63.1 Å². The monoisotopic (exact) mass is 477 g/mol. The van der Waals surface area contributed by atoms with Crippen LogP contribution in [0.3, 0.4) is 0 Å². The van der Waals surface area contributed by atoms with Crippen LogP contribution in [0, 0.1) is 5.41 Å². The first-order chi connectivity index (χ1) is 14.9. The predicted octanol–water partition coefficient (Wildman–Crippen LogP) is -1.93. The van der Waals surface area contributed by atoms with E-state index in [0.717, 1.165) is 0 Å². The molecule has 0 saturated carbocycles. The van der Waals surface area contributed by atoms with E-state index >= 15 is 0 Å². The second kappa shape index (κ2) is 8.96. The Labute approximate surface area is 181 Å². The standard InChI is InChI=1S/C16H24N5O10P/c1-16(2,4-22)11(25)15(26)31-32(27,28)29-3-7-9(23)10(24)14(30-7)21-6-20-8-12(17)18-5-19-13(8)21/h5-7,9-11,14,22-25H,3-4H2,1-2H3,(H,27,28)(H2,17,18,19)/t7-,9-,10-,11+,14-/m1/s1. The van der Waals surface area contributed by atoms with Gasteiger partial charge in [-0.05, 0) is 0 Å². The van der Waals surface area contributed by atoms with Crippen molar-refractivity contribution in [2.45, 2.75) is 44.5 Å². The van der Waals surface area contributed by atoms with E-state index in [1.807, 2.05) is 0 Å². The smallest absolute Gasteiger partial charge is 0.396 e. The molecule has 3 rings (SSSR count). The number of hydrogen-bond acceptors (Lipinski definition) is 13. The highest BCUT2D eigenvalue weighted by Crippen LogP contribution is 2.45. The van der Waals surface area contributed by atoms with Crippen LogP contribution in [-0.2, 0) is 23.1 Å². The quantitative estimate of drug-likeness (QED) is 0.227. The molecular formula is C16H24N5O10P. The fraction of sp³-hybridized carbons (Fsp3) is 0.625. The van der Waals surface area contributed by atoms with Gasteiger partial charge in [0.1, 0.15) is 30.2 Å². The Morgan fingerprint density at radius 1 is 1.34 bits per heavy atom. The lowest BCUT2D eigenvalue weighted by atomic mass is 9.88. The Hall–Kier alpha value is -2.23. The summed E-state index contributed by atoms with van der Waals surface area (Å²) in [5.41, 5.74) is 4.85. The minimum atomic E-state index is -5.03. The summed E-state index contributed by atoms with van der Waals surface area (Å²) in [6, 6.07) is 0. The van der Waals surface area contributed by atoms with Crippen LogP contribution in [0.4, 0.5) is 5.82 Å². The molecule has 2 aromatic heterocycles. The summed E-state index contributed by atoms with van der Waals surface area (Å²) in [6.45, 7) is 1.33. The summed E-state index contributed by atoms with van der Waals surface area (Å²) < 4.78 is 27.9. The van der Waals surface area contributed by atoms with Crippen molar-refractivity contribution in [2.75, 3.05) is 18.9 Å². The largest absolute Gasteiger partial charge is 0.529 e. The number of carbonyl (C=O) groups excluding carboxylic acids is 1. The summed E-state index contributed by atoms with van der Waals surface area (Å²) in [5, 5.41) is 39.7. The Morgan fingerprint density at radius 3 is 2.69 bits per heavy atom. The van der Waals surface area contributed by atoms with E-state index in [2.05, 4.69) is 19.5 Å². The number of carbonyl (C=O) groups is 1. The van der Waals surface area contributed by atoms with Gasteiger partial charge >= 0.3 is 13.8 Å². The SMILES string of the molecule is CC(C)(CO)[C@@H](O)C(=O)OP(=O)(O)OC[C@H]1O[C@@H](n2cnc3c(N)ncnc32)[C@H](O)[C@@H]1O. The van der Waals surface area contributed by atoms with Crippen molar-refractivity contribution in [1.29, 1.82) is 0 Å². The maximum absolute atomic E-state index is 12.1. The van der Waals surface area contributed by atoms with Gasteiger partial charge in [-0.1, -0.05) is 13.8 Å². The van der Waals surface area contributed by atoms with Crippen LogP contribution < -0.4 is 5.73 Å². The molecular weight excluding hydrogens is 453 g/mol. The zero-order chi connectivity index (χ0) is 23.8. The lowest BCUT2D eigenvalue weighted by molar-refractivity contribution is -0.154. The van der Waals surface area contributed by atoms with Crippen LogP contribution in [0.15, 0.2) is 12.7 Å². The Bertz CT molecular complexity index is 1030. The first-order valence-electron chi connectivity index (χ1n) is 9.32. The number of fused-ring (bicyclic) bond motifs is 1. The number of aromatic nitrogens is 4. The van der Waals surface area contributed by atoms with Crippen LogP contribution in [0.2, 0.25) is 0 Å². The molecule has 15 nitrogen and oxygen atoms in total. The summed E-state index contributed by atoms with van der Waals surface area (Å²) in [7, 11) is -5.03. The molecule has 1 aliphatic heterocycles. The molecule has 16 heteroatoms. The van der Waals surface area contributed by atoms with Crippen LogP contribution >= 0.6 is 7.82 Å². The van der Waals surface area contributed by atoms with Crippen molar-refractivity contribution in [3.63, 3.8) is 0 Å². The number of hydrogen-bond donors (Lipinski definition) is 6. The third kappa shape index (κ3) is 4.74. The molecule has 1 saturated heterocycles. The summed E-state index contributed by atoms with van der Waals surface area (Å²) >= 11 is 0. The van der Waals surface area contributed by atoms with Gasteiger partial charge in [-0.25, -0.2) is 24.3 Å². The topological polar surface area (TPSA) is 233 Å². The Kier molecular flexibility index (Phi) is 6.83. The minimum absolute atomic E-state index is 0.0938. The number of nitrogen functional groups attached to an aromatic ring is 1. The normalized spacial score (nSPS) is 26.7. The average molecular weight is 477 g/mol. The van der Waals surface area contributed by atoms with Gasteiger partial charge in [-0.3, -0.25) is 14.0 Å². The molecule has 0 amide bonds. The van der Waals surface area contributed by atoms with Gasteiger partial charge in [-0.15, -0.1) is 0 Å². The molecule has 0 spiro atoms. The van der Waals surface area contributed by atoms with Crippen molar-refractivity contribution >= 4 is 30.8 Å². The number of nitrogens with zero attached hydrogens (tertiary/aromatic N) is 4. The van der Waals surface area contributed by atoms with E-state index in [9.17, 15) is 34.7 Å². The van der Waals surface area contributed by atoms with E-state index in [0.29, 0.717) is 0 Å². The number of ether oxygens (including phenoxy) is 1. The molecule has 0 bridgehead atoms. The van der Waals surface area contributed by atoms with Crippen molar-refractivity contribution in [2.24, 2.45) is 5.41 Å². The van der Waals surface area contributed by atoms with Crippen molar-refractivity contribution in [3.05, 3.63) is 12.7 Å².